The highest BCUT2D eigenvalue weighted by atomic mass is 14.8. The van der Waals surface area contributed by atoms with E-state index in [4.69, 9.17) is 5.73 Å². The Labute approximate surface area is 86.4 Å². The standard InChI is InChI=1S/C13H21N/c14-12-9-2-4-11(6-9)13(12)7-8-1-3-10(13)5-8/h8-12H,1-7,14H2/t8?,9-,10?,11?,12-,13?/m1/s1. The Morgan fingerprint density at radius 1 is 0.929 bits per heavy atom. The Kier molecular flexibility index (Phi) is 1.38. The zero-order valence-electron chi connectivity index (χ0n) is 8.91. The molecule has 4 aliphatic carbocycles. The van der Waals surface area contributed by atoms with E-state index >= 15 is 0 Å². The van der Waals surface area contributed by atoms with Gasteiger partial charge in [-0.15, -0.1) is 0 Å². The van der Waals surface area contributed by atoms with Crippen LogP contribution in [0.25, 0.3) is 0 Å². The number of nitrogens with two attached hydrogens (primary N) is 1. The molecule has 2 N–H and O–H groups in total. The highest BCUT2D eigenvalue weighted by Crippen LogP contribution is 2.69. The van der Waals surface area contributed by atoms with Crippen LogP contribution >= 0.6 is 0 Å². The normalized spacial score (nSPS) is 64.5. The quantitative estimate of drug-likeness (QED) is 0.625. The van der Waals surface area contributed by atoms with Crippen molar-refractivity contribution in [3.8, 4) is 0 Å². The zero-order chi connectivity index (χ0) is 9.34. The zero-order valence-corrected chi connectivity index (χ0v) is 8.91. The lowest BCUT2D eigenvalue weighted by Gasteiger charge is -2.46. The first-order valence-corrected chi connectivity index (χ1v) is 6.56. The van der Waals surface area contributed by atoms with E-state index in [9.17, 15) is 0 Å². The van der Waals surface area contributed by atoms with Crippen molar-refractivity contribution in [3.05, 3.63) is 0 Å². The molecule has 0 aliphatic heterocycles. The second-order valence-electron chi connectivity index (χ2n) is 6.49. The molecule has 14 heavy (non-hydrogen) atoms. The summed E-state index contributed by atoms with van der Waals surface area (Å²) in [5.74, 6) is 4.07. The average molecular weight is 191 g/mol. The molecule has 4 aliphatic rings. The van der Waals surface area contributed by atoms with Crippen molar-refractivity contribution in [1.82, 2.24) is 0 Å². The van der Waals surface area contributed by atoms with Gasteiger partial charge in [-0.05, 0) is 67.6 Å². The maximum Gasteiger partial charge on any atom is 0.0129 e. The summed E-state index contributed by atoms with van der Waals surface area (Å²) >= 11 is 0. The van der Waals surface area contributed by atoms with Crippen LogP contribution in [-0.4, -0.2) is 6.04 Å². The Hall–Kier alpha value is -0.0400. The van der Waals surface area contributed by atoms with Gasteiger partial charge in [0.1, 0.15) is 0 Å². The first-order valence-electron chi connectivity index (χ1n) is 6.56. The predicted molar refractivity (Wildman–Crippen MR) is 56.7 cm³/mol. The first-order chi connectivity index (χ1) is 6.80. The lowest BCUT2D eigenvalue weighted by atomic mass is 9.61. The Morgan fingerprint density at radius 3 is 2.29 bits per heavy atom. The van der Waals surface area contributed by atoms with Crippen molar-refractivity contribution < 1.29 is 0 Å². The SMILES string of the molecule is N[C@@H]1[C@@H]2CCC(C2)C12CC1CCC2C1. The molecule has 0 aromatic heterocycles. The summed E-state index contributed by atoms with van der Waals surface area (Å²) in [6.07, 6.45) is 10.5. The molecule has 1 heteroatoms. The molecule has 1 nitrogen and oxygen atoms in total. The fraction of sp³-hybridized carbons (Fsp3) is 1.00. The van der Waals surface area contributed by atoms with Gasteiger partial charge in [0.15, 0.2) is 0 Å². The monoisotopic (exact) mass is 191 g/mol. The molecule has 4 fully saturated rings. The van der Waals surface area contributed by atoms with E-state index in [1.165, 1.54) is 44.9 Å². The summed E-state index contributed by atoms with van der Waals surface area (Å²) in [6.45, 7) is 0. The third kappa shape index (κ3) is 0.711. The minimum atomic E-state index is 0.594. The Balaban J connectivity index is 1.76. The topological polar surface area (TPSA) is 26.0 Å². The van der Waals surface area contributed by atoms with Gasteiger partial charge in [0.25, 0.3) is 0 Å². The molecule has 78 valence electrons. The molecule has 4 unspecified atom stereocenters. The molecule has 4 bridgehead atoms. The summed E-state index contributed by atoms with van der Waals surface area (Å²) in [6, 6.07) is 0.594. The summed E-state index contributed by atoms with van der Waals surface area (Å²) < 4.78 is 0. The van der Waals surface area contributed by atoms with E-state index in [-0.39, 0.29) is 0 Å². The van der Waals surface area contributed by atoms with E-state index < -0.39 is 0 Å². The Bertz CT molecular complexity index is 263. The second kappa shape index (κ2) is 2.37. The molecule has 0 heterocycles. The highest BCUT2D eigenvalue weighted by Gasteiger charge is 2.64. The van der Waals surface area contributed by atoms with E-state index in [1.807, 2.05) is 0 Å². The van der Waals surface area contributed by atoms with E-state index in [0.717, 1.165) is 23.7 Å². The molecule has 0 radical (unpaired) electrons. The molecular weight excluding hydrogens is 170 g/mol. The van der Waals surface area contributed by atoms with E-state index in [0.29, 0.717) is 11.5 Å². The average Bonchev–Trinajstić information content (AvgIpc) is 2.91. The van der Waals surface area contributed by atoms with Gasteiger partial charge in [-0.1, -0.05) is 6.42 Å². The maximum absolute atomic E-state index is 6.55. The van der Waals surface area contributed by atoms with E-state index in [2.05, 4.69) is 0 Å². The molecule has 6 atom stereocenters. The molecule has 0 aromatic rings. The molecular formula is C13H21N. The lowest BCUT2D eigenvalue weighted by Crippen LogP contribution is -2.49. The van der Waals surface area contributed by atoms with Crippen molar-refractivity contribution in [3.63, 3.8) is 0 Å². The summed E-state index contributed by atoms with van der Waals surface area (Å²) in [7, 11) is 0. The molecule has 4 saturated carbocycles. The van der Waals surface area contributed by atoms with Gasteiger partial charge in [0.05, 0.1) is 0 Å². The molecule has 0 aromatic carbocycles. The number of hydrogen-bond donors (Lipinski definition) is 1. The third-order valence-electron chi connectivity index (χ3n) is 6.31. The van der Waals surface area contributed by atoms with Crippen LogP contribution in [0.4, 0.5) is 0 Å². The number of fused-ring (bicyclic) bond motifs is 6. The maximum atomic E-state index is 6.55. The van der Waals surface area contributed by atoms with Crippen LogP contribution in [0, 0.1) is 29.1 Å². The van der Waals surface area contributed by atoms with Gasteiger partial charge in [-0.25, -0.2) is 0 Å². The van der Waals surface area contributed by atoms with E-state index in [1.54, 1.807) is 0 Å². The minimum absolute atomic E-state index is 0.594. The van der Waals surface area contributed by atoms with Crippen LogP contribution in [0.15, 0.2) is 0 Å². The number of hydrogen-bond acceptors (Lipinski definition) is 1. The molecule has 0 amide bonds. The largest absolute Gasteiger partial charge is 0.327 e. The van der Waals surface area contributed by atoms with Gasteiger partial charge in [0.2, 0.25) is 0 Å². The van der Waals surface area contributed by atoms with Crippen LogP contribution in [-0.2, 0) is 0 Å². The van der Waals surface area contributed by atoms with Crippen molar-refractivity contribution in [2.24, 2.45) is 34.8 Å². The van der Waals surface area contributed by atoms with Gasteiger partial charge >= 0.3 is 0 Å². The van der Waals surface area contributed by atoms with Gasteiger partial charge < -0.3 is 5.73 Å². The summed E-state index contributed by atoms with van der Waals surface area (Å²) in [5, 5.41) is 0. The number of rotatable bonds is 0. The third-order valence-corrected chi connectivity index (χ3v) is 6.31. The summed E-state index contributed by atoms with van der Waals surface area (Å²) in [4.78, 5) is 0. The molecule has 1 spiro atoms. The highest BCUT2D eigenvalue weighted by molar-refractivity contribution is 5.16. The van der Waals surface area contributed by atoms with Crippen LogP contribution in [0.2, 0.25) is 0 Å². The van der Waals surface area contributed by atoms with Gasteiger partial charge in [-0.2, -0.15) is 0 Å². The fourth-order valence-corrected chi connectivity index (χ4v) is 5.87. The Morgan fingerprint density at radius 2 is 1.71 bits per heavy atom. The van der Waals surface area contributed by atoms with Crippen LogP contribution < -0.4 is 5.73 Å². The first kappa shape index (κ1) is 8.15. The molecule has 4 rings (SSSR count). The van der Waals surface area contributed by atoms with Crippen LogP contribution in [0.3, 0.4) is 0 Å². The predicted octanol–water partition coefficient (Wildman–Crippen LogP) is 2.55. The smallest absolute Gasteiger partial charge is 0.0129 e. The minimum Gasteiger partial charge on any atom is -0.327 e. The van der Waals surface area contributed by atoms with Crippen molar-refractivity contribution in [1.29, 1.82) is 0 Å². The summed E-state index contributed by atoms with van der Waals surface area (Å²) in [5.41, 5.74) is 7.21. The van der Waals surface area contributed by atoms with Crippen molar-refractivity contribution >= 4 is 0 Å². The van der Waals surface area contributed by atoms with Crippen molar-refractivity contribution in [2.75, 3.05) is 0 Å². The van der Waals surface area contributed by atoms with Gasteiger partial charge in [-0.3, -0.25) is 0 Å². The van der Waals surface area contributed by atoms with Gasteiger partial charge in [0, 0.05) is 6.04 Å². The van der Waals surface area contributed by atoms with Crippen LogP contribution in [0.1, 0.15) is 44.9 Å². The lowest BCUT2D eigenvalue weighted by molar-refractivity contribution is 0.0574. The van der Waals surface area contributed by atoms with Crippen LogP contribution in [0.5, 0.6) is 0 Å². The molecule has 0 saturated heterocycles. The van der Waals surface area contributed by atoms with Crippen molar-refractivity contribution in [2.45, 2.75) is 51.0 Å². The second-order valence-corrected chi connectivity index (χ2v) is 6.49. The fourth-order valence-electron chi connectivity index (χ4n) is 5.87.